The number of nitrogens with zero attached hydrogens (tertiary/aromatic N) is 2. The first-order chi connectivity index (χ1) is 30.1. The zero-order chi connectivity index (χ0) is 46.4. The molecule has 4 N–H and O–H groups in total. The molecule has 3 aliphatic carbocycles. The van der Waals surface area contributed by atoms with Crippen LogP contribution in [0.15, 0.2) is 36.4 Å². The summed E-state index contributed by atoms with van der Waals surface area (Å²) in [6.07, 6.45) is -3.50. The normalized spacial score (nSPS) is 25.4. The molecule has 0 spiro atoms. The number of halogens is 4. The molecular weight excluding hydrogens is 865 g/mol. The van der Waals surface area contributed by atoms with E-state index in [1.165, 1.54) is 0 Å². The maximum Gasteiger partial charge on any atom is 0.416 e. The number of nitrogens with one attached hydrogen (secondary N) is 4. The monoisotopic (exact) mass is 920 g/mol. The summed E-state index contributed by atoms with van der Waals surface area (Å²) >= 11 is 0. The van der Waals surface area contributed by atoms with Crippen molar-refractivity contribution in [3.05, 3.63) is 58.9 Å². The smallest absolute Gasteiger partial charge is 0.416 e. The molecule has 2 saturated carbocycles. The lowest BCUT2D eigenvalue weighted by molar-refractivity contribution is -0.154. The third-order valence-corrected chi connectivity index (χ3v) is 14.7. The Morgan fingerprint density at radius 1 is 0.969 bits per heavy atom. The van der Waals surface area contributed by atoms with Crippen LogP contribution in [0.3, 0.4) is 0 Å². The number of amides is 4. The van der Waals surface area contributed by atoms with Crippen LogP contribution in [0.2, 0.25) is 0 Å². The Kier molecular flexibility index (Phi) is 13.4. The zero-order valence-corrected chi connectivity index (χ0v) is 37.1. The third-order valence-electron chi connectivity index (χ3n) is 12.9. The highest BCUT2D eigenvalue weighted by Crippen LogP contribution is 2.47. The lowest BCUT2D eigenvalue weighted by atomic mass is 9.83. The molecule has 6 atom stereocenters. The minimum atomic E-state index is -4.89. The van der Waals surface area contributed by atoms with Gasteiger partial charge in [0.2, 0.25) is 27.7 Å². The number of likely N-dealkylation sites (tertiary alicyclic amines) is 1. The molecule has 2 aromatic carbocycles. The summed E-state index contributed by atoms with van der Waals surface area (Å²) in [5.74, 6) is -5.36. The van der Waals surface area contributed by atoms with Crippen LogP contribution < -0.4 is 20.7 Å². The maximum atomic E-state index is 14.7. The molecule has 64 heavy (non-hydrogen) atoms. The summed E-state index contributed by atoms with van der Waals surface area (Å²) in [6, 6.07) is 4.65. The summed E-state index contributed by atoms with van der Waals surface area (Å²) in [5, 5.41) is 7.74. The van der Waals surface area contributed by atoms with E-state index in [4.69, 9.17) is 9.47 Å². The second kappa shape index (κ2) is 18.2. The van der Waals surface area contributed by atoms with Crippen LogP contribution in [0.4, 0.5) is 28.9 Å². The first kappa shape index (κ1) is 47.2. The van der Waals surface area contributed by atoms with E-state index in [2.05, 4.69) is 20.7 Å². The van der Waals surface area contributed by atoms with E-state index >= 15 is 0 Å². The highest BCUT2D eigenvalue weighted by molar-refractivity contribution is 7.91. The number of ether oxygens (including phenoxy) is 2. The minimum Gasteiger partial charge on any atom is -0.460 e. The molecule has 1 unspecified atom stereocenters. The number of anilines is 2. The molecular formula is C44H56F4N6O9S. The van der Waals surface area contributed by atoms with Crippen molar-refractivity contribution in [1.82, 2.24) is 19.8 Å². The van der Waals surface area contributed by atoms with E-state index in [-0.39, 0.29) is 37.5 Å². The number of benzene rings is 2. The molecule has 0 radical (unpaired) electrons. The number of esters is 1. The van der Waals surface area contributed by atoms with Gasteiger partial charge in [-0.3, -0.25) is 33.6 Å². The summed E-state index contributed by atoms with van der Waals surface area (Å²) in [5.41, 5.74) is -1.74. The number of sulfonamides is 1. The molecule has 0 aromatic heterocycles. The number of carbonyl (C=O) groups excluding carboxylic acids is 5. The van der Waals surface area contributed by atoms with Crippen molar-refractivity contribution in [2.24, 2.45) is 17.3 Å². The Morgan fingerprint density at radius 2 is 1.69 bits per heavy atom. The van der Waals surface area contributed by atoms with Gasteiger partial charge < -0.3 is 30.3 Å². The van der Waals surface area contributed by atoms with Crippen molar-refractivity contribution in [2.45, 2.75) is 114 Å². The highest BCUT2D eigenvalue weighted by Gasteiger charge is 2.62. The Morgan fingerprint density at radius 3 is 2.33 bits per heavy atom. The molecule has 15 nitrogen and oxygen atoms in total. The number of hydrogen-bond donors (Lipinski definition) is 4. The minimum absolute atomic E-state index is 0.138. The van der Waals surface area contributed by atoms with Crippen LogP contribution in [0.1, 0.15) is 82.9 Å². The molecule has 4 amide bonds. The molecule has 2 aliphatic heterocycles. The fourth-order valence-corrected chi connectivity index (χ4v) is 10.3. The summed E-state index contributed by atoms with van der Waals surface area (Å²) < 4.78 is 94.7. The summed E-state index contributed by atoms with van der Waals surface area (Å²) in [6.45, 7) is 9.12. The van der Waals surface area contributed by atoms with E-state index in [1.807, 2.05) is 17.0 Å². The molecule has 5 aliphatic rings. The molecule has 2 aromatic rings. The third kappa shape index (κ3) is 10.8. The van der Waals surface area contributed by atoms with Crippen molar-refractivity contribution < 1.29 is 59.4 Å². The first-order valence-corrected chi connectivity index (χ1v) is 23.4. The molecule has 0 bridgehead atoms. The highest BCUT2D eigenvalue weighted by atomic mass is 32.2. The summed E-state index contributed by atoms with van der Waals surface area (Å²) in [7, 11) is -3.98. The largest absolute Gasteiger partial charge is 0.460 e. The number of alkyl halides is 3. The number of fused-ring (bicyclic) bond motifs is 1. The fraction of sp³-hybridized carbons (Fsp3) is 0.614. The Hall–Kier alpha value is -4.82. The van der Waals surface area contributed by atoms with Crippen LogP contribution in [0.25, 0.3) is 0 Å². The van der Waals surface area contributed by atoms with Gasteiger partial charge in [-0.15, -0.1) is 0 Å². The quantitative estimate of drug-likeness (QED) is 0.157. The fourth-order valence-electron chi connectivity index (χ4n) is 8.95. The SMILES string of the molecule is CC[C@@H]1C[C@]1(NC(=O)[C@@H]1C[C@@H](OC(=O)C2CCc3cc(NC(=O)CN4CCOCC4)ccc3C2)CN1C(=O)[C@@H](Nc1cc(F)cc(C(F)(F)F)c1)C(C)(C)C)C(=O)NS(=O)(=O)C1CC1. The molecule has 4 fully saturated rings. The van der Waals surface area contributed by atoms with Crippen LogP contribution in [0, 0.1) is 23.1 Å². The number of morpholine rings is 1. The van der Waals surface area contributed by atoms with Crippen LogP contribution in [-0.4, -0.2) is 116 Å². The maximum absolute atomic E-state index is 14.7. The number of aryl methyl sites for hydroxylation is 1. The topological polar surface area (TPSA) is 193 Å². The van der Waals surface area contributed by atoms with Crippen LogP contribution in [0.5, 0.6) is 0 Å². The lowest BCUT2D eigenvalue weighted by Crippen LogP contribution is -2.58. The predicted octanol–water partition coefficient (Wildman–Crippen LogP) is 4.15. The average molecular weight is 921 g/mol. The van der Waals surface area contributed by atoms with Gasteiger partial charge in [-0.1, -0.05) is 40.2 Å². The Bertz CT molecular complexity index is 2260. The second-order valence-electron chi connectivity index (χ2n) is 18.8. The van der Waals surface area contributed by atoms with Gasteiger partial charge in [-0.25, -0.2) is 12.8 Å². The van der Waals surface area contributed by atoms with E-state index in [0.29, 0.717) is 82.6 Å². The van der Waals surface area contributed by atoms with E-state index in [0.717, 1.165) is 22.1 Å². The van der Waals surface area contributed by atoms with Crippen LogP contribution in [-0.2, 0) is 62.5 Å². The van der Waals surface area contributed by atoms with Crippen molar-refractivity contribution in [3.63, 3.8) is 0 Å². The molecule has 20 heteroatoms. The Labute approximate surface area is 369 Å². The standard InChI is InChI=1S/C44H56F4N6O9S/c1-5-28-22-43(28,41(59)52-64(60,61)34-10-11-34)51-38(56)35-21-33(23-54(35)39(57)37(42(2,3)4)50-32-19-29(44(46,47)48)18-30(45)20-32)63-40(58)27-7-6-26-17-31(9-8-25(26)16-27)49-36(55)24-53-12-14-62-15-13-53/h8-9,17-20,27-28,33-35,37,50H,5-7,10-16,21-24H2,1-4H3,(H,49,55)(H,51,56)(H,52,59)/t27?,28-,33-,35+,37-,43-/m1/s1. The second-order valence-corrected chi connectivity index (χ2v) is 20.7. The molecule has 7 rings (SSSR count). The average Bonchev–Trinajstić information content (AvgIpc) is 4.15. The molecule has 350 valence electrons. The van der Waals surface area contributed by atoms with Gasteiger partial charge in [0.25, 0.3) is 5.91 Å². The van der Waals surface area contributed by atoms with E-state index < -0.39 is 97.5 Å². The van der Waals surface area contributed by atoms with E-state index in [1.54, 1.807) is 33.8 Å². The molecule has 2 heterocycles. The van der Waals surface area contributed by atoms with Crippen molar-refractivity contribution in [1.29, 1.82) is 0 Å². The number of rotatable bonds is 14. The lowest BCUT2D eigenvalue weighted by Gasteiger charge is -2.36. The van der Waals surface area contributed by atoms with Gasteiger partial charge in [-0.2, -0.15) is 13.2 Å². The molecule has 2 saturated heterocycles. The number of carbonyl (C=O) groups is 5. The summed E-state index contributed by atoms with van der Waals surface area (Å²) in [4.78, 5) is 72.4. The van der Waals surface area contributed by atoms with Gasteiger partial charge >= 0.3 is 12.1 Å². The first-order valence-electron chi connectivity index (χ1n) is 21.8. The van der Waals surface area contributed by atoms with Crippen LogP contribution >= 0.6 is 0 Å². The van der Waals surface area contributed by atoms with Gasteiger partial charge in [-0.05, 0) is 91.3 Å². The van der Waals surface area contributed by atoms with Gasteiger partial charge in [0.15, 0.2) is 0 Å². The van der Waals surface area contributed by atoms with Crippen molar-refractivity contribution in [3.8, 4) is 0 Å². The van der Waals surface area contributed by atoms with Crippen molar-refractivity contribution >= 4 is 51.0 Å². The van der Waals surface area contributed by atoms with Gasteiger partial charge in [0.1, 0.15) is 29.5 Å². The predicted molar refractivity (Wildman–Crippen MR) is 225 cm³/mol. The Balaban J connectivity index is 1.08. The van der Waals surface area contributed by atoms with E-state index in [9.17, 15) is 50.0 Å². The van der Waals surface area contributed by atoms with Gasteiger partial charge in [0.05, 0.1) is 43.0 Å². The van der Waals surface area contributed by atoms with Crippen molar-refractivity contribution in [2.75, 3.05) is 50.0 Å². The van der Waals surface area contributed by atoms with Gasteiger partial charge in [0, 0.05) is 30.9 Å². The number of hydrogen-bond acceptors (Lipinski definition) is 11. The zero-order valence-electron chi connectivity index (χ0n) is 36.3.